The van der Waals surface area contributed by atoms with E-state index in [2.05, 4.69) is 0 Å². The zero-order chi connectivity index (χ0) is 22.0. The number of hydrogen-bond acceptors (Lipinski definition) is 4. The second kappa shape index (κ2) is 9.08. The van der Waals surface area contributed by atoms with E-state index in [-0.39, 0.29) is 53.9 Å². The van der Waals surface area contributed by atoms with Crippen molar-refractivity contribution in [1.29, 1.82) is 0 Å². The summed E-state index contributed by atoms with van der Waals surface area (Å²) in [5.74, 6) is -1.11. The standard InChI is InChI=1S/C23H28FN3O4/c24-17-7-5-15(6-8-17)13-20-23(30)27(18-3-1-2-4-19(18)31-20)14-21(28)26-11-9-16(10-12-26)22(25)29/h5-8,13,16,18-19H,1-4,9-12,14H2,(H2,25,29)/b20-13+. The smallest absolute Gasteiger partial charge is 0.289 e. The van der Waals surface area contributed by atoms with Crippen LogP contribution in [0.1, 0.15) is 44.1 Å². The highest BCUT2D eigenvalue weighted by atomic mass is 19.1. The summed E-state index contributed by atoms with van der Waals surface area (Å²) >= 11 is 0. The lowest BCUT2D eigenvalue weighted by molar-refractivity contribution is -0.154. The summed E-state index contributed by atoms with van der Waals surface area (Å²) in [7, 11) is 0. The Morgan fingerprint density at radius 2 is 1.77 bits per heavy atom. The first kappa shape index (κ1) is 21.3. The Morgan fingerprint density at radius 3 is 2.45 bits per heavy atom. The minimum atomic E-state index is -0.349. The van der Waals surface area contributed by atoms with Gasteiger partial charge in [0.15, 0.2) is 5.76 Å². The van der Waals surface area contributed by atoms with Crippen molar-refractivity contribution in [3.05, 3.63) is 41.4 Å². The maximum absolute atomic E-state index is 13.2. The fourth-order valence-electron chi connectivity index (χ4n) is 4.73. The molecule has 0 aromatic heterocycles. The molecule has 4 rings (SSSR count). The van der Waals surface area contributed by atoms with Crippen molar-refractivity contribution in [3.8, 4) is 0 Å². The van der Waals surface area contributed by atoms with Crippen molar-refractivity contribution >= 4 is 23.8 Å². The van der Waals surface area contributed by atoms with Gasteiger partial charge in [0.1, 0.15) is 18.5 Å². The molecule has 2 unspecified atom stereocenters. The first-order valence-electron chi connectivity index (χ1n) is 10.9. The quantitative estimate of drug-likeness (QED) is 0.742. The Labute approximate surface area is 181 Å². The lowest BCUT2D eigenvalue weighted by Crippen LogP contribution is -2.57. The van der Waals surface area contributed by atoms with Crippen molar-refractivity contribution in [2.24, 2.45) is 11.7 Å². The summed E-state index contributed by atoms with van der Waals surface area (Å²) in [6.07, 6.45) is 6.21. The molecule has 3 fully saturated rings. The maximum atomic E-state index is 13.2. The van der Waals surface area contributed by atoms with Gasteiger partial charge in [0.25, 0.3) is 5.91 Å². The van der Waals surface area contributed by atoms with Gasteiger partial charge in [-0.15, -0.1) is 0 Å². The second-order valence-corrected chi connectivity index (χ2v) is 8.56. The van der Waals surface area contributed by atoms with E-state index in [1.165, 1.54) is 12.1 Å². The molecule has 0 bridgehead atoms. The van der Waals surface area contributed by atoms with Gasteiger partial charge >= 0.3 is 0 Å². The number of amides is 3. The number of ether oxygens (including phenoxy) is 1. The van der Waals surface area contributed by atoms with Gasteiger partial charge in [0.2, 0.25) is 11.8 Å². The van der Waals surface area contributed by atoms with Crippen molar-refractivity contribution in [2.75, 3.05) is 19.6 Å². The molecule has 3 aliphatic rings. The molecule has 2 atom stereocenters. The van der Waals surface area contributed by atoms with E-state index in [0.29, 0.717) is 31.5 Å². The van der Waals surface area contributed by atoms with Crippen LogP contribution in [0.4, 0.5) is 4.39 Å². The Bertz CT molecular complexity index is 877. The highest BCUT2D eigenvalue weighted by Crippen LogP contribution is 2.33. The fraction of sp³-hybridized carbons (Fsp3) is 0.522. The van der Waals surface area contributed by atoms with Crippen molar-refractivity contribution in [3.63, 3.8) is 0 Å². The third-order valence-corrected chi connectivity index (χ3v) is 6.54. The van der Waals surface area contributed by atoms with E-state index in [9.17, 15) is 18.8 Å². The minimum absolute atomic E-state index is 0.00858. The van der Waals surface area contributed by atoms with Gasteiger partial charge in [0, 0.05) is 19.0 Å². The zero-order valence-electron chi connectivity index (χ0n) is 17.5. The zero-order valence-corrected chi connectivity index (χ0v) is 17.5. The molecule has 1 aromatic carbocycles. The topological polar surface area (TPSA) is 92.9 Å². The van der Waals surface area contributed by atoms with Crippen LogP contribution in [-0.2, 0) is 19.1 Å². The lowest BCUT2D eigenvalue weighted by Gasteiger charge is -2.44. The minimum Gasteiger partial charge on any atom is -0.482 e. The molecular formula is C23H28FN3O4. The highest BCUT2D eigenvalue weighted by molar-refractivity contribution is 5.98. The number of rotatable bonds is 4. The molecule has 3 amide bonds. The number of piperidine rings is 1. The van der Waals surface area contributed by atoms with E-state index >= 15 is 0 Å². The molecule has 0 spiro atoms. The Morgan fingerprint density at radius 1 is 1.10 bits per heavy atom. The molecule has 1 saturated carbocycles. The molecule has 2 heterocycles. The predicted molar refractivity (Wildman–Crippen MR) is 112 cm³/mol. The monoisotopic (exact) mass is 429 g/mol. The van der Waals surface area contributed by atoms with Gasteiger partial charge in [-0.25, -0.2) is 4.39 Å². The van der Waals surface area contributed by atoms with Crippen molar-refractivity contribution in [2.45, 2.75) is 50.7 Å². The van der Waals surface area contributed by atoms with Crippen LogP contribution >= 0.6 is 0 Å². The molecule has 1 aromatic rings. The van der Waals surface area contributed by atoms with Gasteiger partial charge in [-0.2, -0.15) is 0 Å². The molecule has 2 aliphatic heterocycles. The number of benzene rings is 1. The van der Waals surface area contributed by atoms with Gasteiger partial charge in [0.05, 0.1) is 6.04 Å². The van der Waals surface area contributed by atoms with E-state index in [0.717, 1.165) is 25.7 Å². The molecule has 2 saturated heterocycles. The first-order valence-corrected chi connectivity index (χ1v) is 10.9. The maximum Gasteiger partial charge on any atom is 0.289 e. The Hall–Kier alpha value is -2.90. The van der Waals surface area contributed by atoms with Gasteiger partial charge in [-0.1, -0.05) is 18.6 Å². The van der Waals surface area contributed by atoms with Crippen LogP contribution in [-0.4, -0.2) is 59.3 Å². The van der Waals surface area contributed by atoms with Crippen molar-refractivity contribution in [1.82, 2.24) is 9.80 Å². The second-order valence-electron chi connectivity index (χ2n) is 8.56. The number of halogens is 1. The summed E-state index contributed by atoms with van der Waals surface area (Å²) in [5, 5.41) is 0. The molecular weight excluding hydrogens is 401 g/mol. The van der Waals surface area contributed by atoms with Crippen LogP contribution in [0.15, 0.2) is 30.0 Å². The van der Waals surface area contributed by atoms with Crippen molar-refractivity contribution < 1.29 is 23.5 Å². The van der Waals surface area contributed by atoms with E-state index in [4.69, 9.17) is 10.5 Å². The number of nitrogens with zero attached hydrogens (tertiary/aromatic N) is 2. The SMILES string of the molecule is NC(=O)C1CCN(C(=O)CN2C(=O)/C(=C\c3ccc(F)cc3)OC3CCCCC32)CC1. The fourth-order valence-corrected chi connectivity index (χ4v) is 4.73. The molecule has 1 aliphatic carbocycles. The lowest BCUT2D eigenvalue weighted by atomic mass is 9.89. The van der Waals surface area contributed by atoms with Gasteiger partial charge in [-0.3, -0.25) is 14.4 Å². The number of carbonyl (C=O) groups is 3. The normalized spacial score (nSPS) is 25.8. The summed E-state index contributed by atoms with van der Waals surface area (Å²) in [6.45, 7) is 0.931. The van der Waals surface area contributed by atoms with Crippen LogP contribution in [0.25, 0.3) is 6.08 Å². The Balaban J connectivity index is 1.50. The average molecular weight is 429 g/mol. The largest absolute Gasteiger partial charge is 0.482 e. The summed E-state index contributed by atoms with van der Waals surface area (Å²) in [6, 6.07) is 5.72. The summed E-state index contributed by atoms with van der Waals surface area (Å²) in [4.78, 5) is 41.0. The van der Waals surface area contributed by atoms with Crippen LogP contribution in [0, 0.1) is 11.7 Å². The third kappa shape index (κ3) is 4.73. The average Bonchev–Trinajstić information content (AvgIpc) is 2.78. The van der Waals surface area contributed by atoms with E-state index < -0.39 is 0 Å². The van der Waals surface area contributed by atoms with Crippen LogP contribution in [0.3, 0.4) is 0 Å². The summed E-state index contributed by atoms with van der Waals surface area (Å²) in [5.41, 5.74) is 6.05. The number of morpholine rings is 1. The first-order chi connectivity index (χ1) is 14.9. The van der Waals surface area contributed by atoms with E-state index in [1.54, 1.807) is 28.0 Å². The summed E-state index contributed by atoms with van der Waals surface area (Å²) < 4.78 is 19.3. The van der Waals surface area contributed by atoms with Crippen LogP contribution in [0.2, 0.25) is 0 Å². The predicted octanol–water partition coefficient (Wildman–Crippen LogP) is 2.06. The third-order valence-electron chi connectivity index (χ3n) is 6.54. The van der Waals surface area contributed by atoms with E-state index in [1.807, 2.05) is 0 Å². The highest BCUT2D eigenvalue weighted by Gasteiger charge is 2.42. The molecule has 0 radical (unpaired) electrons. The number of nitrogens with two attached hydrogens (primary N) is 1. The number of likely N-dealkylation sites (tertiary alicyclic amines) is 1. The molecule has 8 heteroatoms. The number of primary amides is 1. The Kier molecular flexibility index (Phi) is 6.25. The molecule has 166 valence electrons. The van der Waals surface area contributed by atoms with Gasteiger partial charge < -0.3 is 20.3 Å². The van der Waals surface area contributed by atoms with Crippen LogP contribution in [0.5, 0.6) is 0 Å². The molecule has 2 N–H and O–H groups in total. The molecule has 7 nitrogen and oxygen atoms in total. The van der Waals surface area contributed by atoms with Crippen LogP contribution < -0.4 is 5.73 Å². The molecule has 31 heavy (non-hydrogen) atoms. The number of hydrogen-bond donors (Lipinski definition) is 1. The van der Waals surface area contributed by atoms with Gasteiger partial charge in [-0.05, 0) is 55.9 Å². The number of carbonyl (C=O) groups excluding carboxylic acids is 3. The number of fused-ring (bicyclic) bond motifs is 1.